The van der Waals surface area contributed by atoms with Gasteiger partial charge in [0, 0.05) is 53.4 Å². The zero-order valence-corrected chi connectivity index (χ0v) is 22.1. The molecule has 6 nitrogen and oxygen atoms in total. The van der Waals surface area contributed by atoms with E-state index in [0.717, 1.165) is 37.1 Å². The van der Waals surface area contributed by atoms with Gasteiger partial charge in [-0.3, -0.25) is 9.69 Å². The Morgan fingerprint density at radius 1 is 1.11 bits per heavy atom. The number of amides is 1. The lowest BCUT2D eigenvalue weighted by molar-refractivity contribution is -0.130. The summed E-state index contributed by atoms with van der Waals surface area (Å²) in [6.07, 6.45) is 3.05. The van der Waals surface area contributed by atoms with Gasteiger partial charge in [-0.15, -0.1) is 10.2 Å². The number of rotatable bonds is 8. The molecule has 8 heteroatoms. The predicted octanol–water partition coefficient (Wildman–Crippen LogP) is 5.95. The van der Waals surface area contributed by atoms with Gasteiger partial charge in [-0.1, -0.05) is 44.2 Å². The second-order valence-corrected chi connectivity index (χ2v) is 11.3. The Kier molecular flexibility index (Phi) is 6.60. The van der Waals surface area contributed by atoms with Gasteiger partial charge < -0.3 is 9.88 Å². The summed E-state index contributed by atoms with van der Waals surface area (Å²) in [4.78, 5) is 15.2. The smallest absolute Gasteiger partial charge is 0.248 e. The third-order valence-corrected chi connectivity index (χ3v) is 8.47. The quantitative estimate of drug-likeness (QED) is 0.471. The molecule has 37 heavy (non-hydrogen) atoms. The minimum absolute atomic E-state index is 0.0231. The normalized spacial score (nSPS) is 28.8. The molecule has 2 aromatic rings. The number of nitrogens with one attached hydrogen (secondary N) is 1. The average Bonchev–Trinajstić information content (AvgIpc) is 3.41. The maximum absolute atomic E-state index is 13.7. The molecule has 1 aliphatic carbocycles. The highest BCUT2D eigenvalue weighted by atomic mass is 19.3. The van der Waals surface area contributed by atoms with E-state index >= 15 is 0 Å². The predicted molar refractivity (Wildman–Crippen MR) is 139 cm³/mol. The van der Waals surface area contributed by atoms with E-state index in [2.05, 4.69) is 20.1 Å². The molecule has 2 aliphatic heterocycles. The highest BCUT2D eigenvalue weighted by Crippen LogP contribution is 2.42. The summed E-state index contributed by atoms with van der Waals surface area (Å²) in [5.74, 6) is -2.93. The van der Waals surface area contributed by atoms with Crippen molar-refractivity contribution in [1.29, 1.82) is 0 Å². The van der Waals surface area contributed by atoms with Crippen molar-refractivity contribution in [3.63, 3.8) is 0 Å². The molecule has 1 aromatic heterocycles. The van der Waals surface area contributed by atoms with Crippen molar-refractivity contribution in [2.24, 2.45) is 5.92 Å². The number of piperidine rings is 1. The molecule has 1 N–H and O–H groups in total. The number of hydrogen-bond donors (Lipinski definition) is 1. The van der Waals surface area contributed by atoms with Gasteiger partial charge in [0.15, 0.2) is 0 Å². The highest BCUT2D eigenvalue weighted by Gasteiger charge is 2.42. The fraction of sp³-hybridized carbons (Fsp3) is 0.690. The van der Waals surface area contributed by atoms with Gasteiger partial charge in [-0.2, -0.15) is 0 Å². The molecule has 0 spiro atoms. The lowest BCUT2D eigenvalue weighted by Crippen LogP contribution is -2.45. The molecule has 2 bridgehead atoms. The van der Waals surface area contributed by atoms with E-state index in [1.54, 1.807) is 0 Å². The number of aromatic nitrogens is 3. The Hall–Kier alpha value is -2.35. The van der Waals surface area contributed by atoms with Gasteiger partial charge >= 0.3 is 0 Å². The van der Waals surface area contributed by atoms with Crippen LogP contribution in [0.3, 0.4) is 0 Å². The van der Waals surface area contributed by atoms with Crippen LogP contribution in [-0.4, -0.2) is 50.1 Å². The van der Waals surface area contributed by atoms with Crippen LogP contribution >= 0.6 is 0 Å². The summed E-state index contributed by atoms with van der Waals surface area (Å²) in [5, 5.41) is 11.6. The van der Waals surface area contributed by atoms with Crippen molar-refractivity contribution in [3.05, 3.63) is 47.5 Å². The Balaban J connectivity index is 1.33. The third-order valence-electron chi connectivity index (χ3n) is 8.47. The number of hydrogen-bond acceptors (Lipinski definition) is 4. The van der Waals surface area contributed by atoms with Crippen LogP contribution in [0.15, 0.2) is 30.3 Å². The van der Waals surface area contributed by atoms with E-state index in [0.29, 0.717) is 5.82 Å². The Labute approximate surface area is 223 Å². The third kappa shape index (κ3) is 5.74. The van der Waals surface area contributed by atoms with Crippen molar-refractivity contribution >= 4 is 5.91 Å². The van der Waals surface area contributed by atoms with Crippen LogP contribution in [0.4, 0.5) is 8.78 Å². The van der Waals surface area contributed by atoms with Crippen LogP contribution in [0.5, 0.6) is 0 Å². The largest absolute Gasteiger partial charge is 0.349 e. The molecule has 1 saturated carbocycles. The molecule has 3 aliphatic rings. The number of carbonyl (C=O) groups excluding carboxylic acids is 1. The summed E-state index contributed by atoms with van der Waals surface area (Å²) in [7, 11) is 0. The van der Waals surface area contributed by atoms with E-state index < -0.39 is 30.3 Å². The standard InChI is InChI=1S/C29H41F2N5O/c1-19(2)27-34-33-20(3)36(27)25-17-23-9-10-24(18-25)35(23)16-13-26(21-7-5-4-6-8-21)32-28(37)22-11-14-29(30,31)15-12-22/h4-8,19,22-26H,9-18H2,1-3H3,(H,32,37)/i16D2,19D. The Morgan fingerprint density at radius 3 is 2.38 bits per heavy atom. The van der Waals surface area contributed by atoms with E-state index in [9.17, 15) is 16.3 Å². The minimum Gasteiger partial charge on any atom is -0.349 e. The van der Waals surface area contributed by atoms with E-state index in [1.807, 2.05) is 56.0 Å². The lowest BCUT2D eigenvalue weighted by atomic mass is 9.86. The second kappa shape index (κ2) is 10.8. The maximum Gasteiger partial charge on any atom is 0.248 e. The van der Waals surface area contributed by atoms with Gasteiger partial charge in [0.2, 0.25) is 11.8 Å². The van der Waals surface area contributed by atoms with E-state index in [4.69, 9.17) is 1.37 Å². The topological polar surface area (TPSA) is 63.1 Å². The summed E-state index contributed by atoms with van der Waals surface area (Å²) >= 11 is 0. The molecule has 2 saturated heterocycles. The zero-order valence-electron chi connectivity index (χ0n) is 25.1. The molecule has 1 amide bonds. The summed E-state index contributed by atoms with van der Waals surface area (Å²) in [5.41, 5.74) is 0.811. The monoisotopic (exact) mass is 516 g/mol. The number of carbonyl (C=O) groups is 1. The Bertz CT molecular complexity index is 1180. The van der Waals surface area contributed by atoms with Gasteiger partial charge in [0.25, 0.3) is 0 Å². The number of halogens is 2. The van der Waals surface area contributed by atoms with Crippen LogP contribution in [-0.2, 0) is 4.79 Å². The summed E-state index contributed by atoms with van der Waals surface area (Å²) in [6, 6.07) is 8.97. The zero-order chi connectivity index (χ0) is 28.9. The van der Waals surface area contributed by atoms with Crippen LogP contribution < -0.4 is 5.32 Å². The molecule has 1 aromatic carbocycles. The van der Waals surface area contributed by atoms with Gasteiger partial charge in [-0.25, -0.2) is 8.78 Å². The van der Waals surface area contributed by atoms with Crippen LogP contribution in [0.2, 0.25) is 0 Å². The molecular weight excluding hydrogens is 472 g/mol. The molecule has 202 valence electrons. The number of benzene rings is 1. The van der Waals surface area contributed by atoms with Gasteiger partial charge in [0.1, 0.15) is 11.6 Å². The molecule has 3 unspecified atom stereocenters. The maximum atomic E-state index is 13.7. The fourth-order valence-electron chi connectivity index (χ4n) is 6.49. The molecule has 0 radical (unpaired) electrons. The number of fused-ring (bicyclic) bond motifs is 2. The number of aryl methyl sites for hydroxylation is 1. The molecular formula is C29H41F2N5O. The first-order chi connectivity index (χ1) is 18.7. The Morgan fingerprint density at radius 2 is 1.76 bits per heavy atom. The van der Waals surface area contributed by atoms with Gasteiger partial charge in [0.05, 0.1) is 6.04 Å². The number of alkyl halides is 2. The first kappa shape index (κ1) is 22.6. The van der Waals surface area contributed by atoms with Crippen molar-refractivity contribution in [3.8, 4) is 0 Å². The van der Waals surface area contributed by atoms with E-state index in [1.165, 1.54) is 0 Å². The lowest BCUT2D eigenvalue weighted by Gasteiger charge is -2.40. The highest BCUT2D eigenvalue weighted by molar-refractivity contribution is 5.79. The van der Waals surface area contributed by atoms with Gasteiger partial charge in [-0.05, 0) is 57.4 Å². The average molecular weight is 517 g/mol. The molecule has 5 rings (SSSR count). The van der Waals surface area contributed by atoms with Crippen molar-refractivity contribution in [2.45, 2.75) is 115 Å². The molecule has 3 atom stereocenters. The molecule has 3 heterocycles. The van der Waals surface area contributed by atoms with Crippen molar-refractivity contribution in [2.75, 3.05) is 6.50 Å². The fourth-order valence-corrected chi connectivity index (χ4v) is 6.49. The van der Waals surface area contributed by atoms with Crippen molar-refractivity contribution in [1.82, 2.24) is 25.0 Å². The van der Waals surface area contributed by atoms with Crippen LogP contribution in [0.25, 0.3) is 0 Å². The first-order valence-corrected chi connectivity index (χ1v) is 13.7. The minimum atomic E-state index is -2.71. The van der Waals surface area contributed by atoms with Crippen LogP contribution in [0, 0.1) is 12.8 Å². The second-order valence-electron chi connectivity index (χ2n) is 11.3. The van der Waals surface area contributed by atoms with E-state index in [-0.39, 0.29) is 56.1 Å². The molecule has 3 fully saturated rings. The SMILES string of the molecule is [2H]C(C)(C)c1nnc(C)n1C1CC2CCC(C1)N2C([2H])([2H])CC(NC(=O)C1CCC(F)(F)CC1)c1ccccc1. The van der Waals surface area contributed by atoms with Crippen molar-refractivity contribution < 1.29 is 17.7 Å². The summed E-state index contributed by atoms with van der Waals surface area (Å²) < 4.78 is 56.5. The summed E-state index contributed by atoms with van der Waals surface area (Å²) in [6.45, 7) is 3.85. The van der Waals surface area contributed by atoms with Crippen LogP contribution in [0.1, 0.15) is 111 Å². The number of nitrogens with zero attached hydrogens (tertiary/aromatic N) is 4. The first-order valence-electron chi connectivity index (χ1n) is 15.2.